The number of benzene rings is 2. The van der Waals surface area contributed by atoms with Crippen LogP contribution in [0.3, 0.4) is 0 Å². The Morgan fingerprint density at radius 2 is 1.47 bits per heavy atom. The summed E-state index contributed by atoms with van der Waals surface area (Å²) in [7, 11) is 0. The molecule has 4 heteroatoms. The highest BCUT2D eigenvalue weighted by Gasteiger charge is 2.09. The van der Waals surface area contributed by atoms with E-state index in [0.717, 1.165) is 28.9 Å². The molecule has 1 heterocycles. The highest BCUT2D eigenvalue weighted by molar-refractivity contribution is 5.82. The molecule has 0 aliphatic carbocycles. The van der Waals surface area contributed by atoms with E-state index >= 15 is 0 Å². The molecule has 2 aromatic carbocycles. The second kappa shape index (κ2) is 11.4. The lowest BCUT2D eigenvalue weighted by Crippen LogP contribution is -2.03. The fourth-order valence-corrected chi connectivity index (χ4v) is 3.53. The van der Waals surface area contributed by atoms with Crippen LogP contribution in [0.2, 0.25) is 0 Å². The molecule has 3 rings (SSSR count). The van der Waals surface area contributed by atoms with Crippen LogP contribution in [-0.2, 0) is 0 Å². The van der Waals surface area contributed by atoms with Gasteiger partial charge in [-0.15, -0.1) is 0 Å². The number of ether oxygens (including phenoxy) is 2. The zero-order valence-corrected chi connectivity index (χ0v) is 18.1. The Balaban J connectivity index is 1.61. The summed E-state index contributed by atoms with van der Waals surface area (Å²) in [5, 5.41) is 0.877. The Hall–Kier alpha value is -2.75. The number of fused-ring (bicyclic) bond motifs is 1. The monoisotopic (exact) mass is 408 g/mol. The maximum Gasteiger partial charge on any atom is 0.344 e. The normalized spacial score (nSPS) is 11.0. The van der Waals surface area contributed by atoms with Crippen molar-refractivity contribution >= 4 is 11.0 Å². The third-order valence-corrected chi connectivity index (χ3v) is 5.20. The number of unbranched alkanes of at least 4 members (excludes halogenated alkanes) is 6. The first kappa shape index (κ1) is 21.9. The van der Waals surface area contributed by atoms with Crippen molar-refractivity contribution in [1.82, 2.24) is 0 Å². The summed E-state index contributed by atoms with van der Waals surface area (Å²) < 4.78 is 16.9. The summed E-state index contributed by atoms with van der Waals surface area (Å²) in [5.74, 6) is 1.53. The smallest absolute Gasteiger partial charge is 0.344 e. The van der Waals surface area contributed by atoms with Gasteiger partial charge >= 0.3 is 5.63 Å². The molecule has 0 aliphatic heterocycles. The molecule has 0 N–H and O–H groups in total. The molecule has 0 bridgehead atoms. The molecule has 0 saturated carbocycles. The third-order valence-electron chi connectivity index (χ3n) is 5.20. The lowest BCUT2D eigenvalue weighted by Gasteiger charge is -2.08. The molecule has 160 valence electrons. The van der Waals surface area contributed by atoms with Gasteiger partial charge in [0.1, 0.15) is 17.1 Å². The largest absolute Gasteiger partial charge is 0.494 e. The number of hydrogen-bond donors (Lipinski definition) is 0. The van der Waals surface area contributed by atoms with Crippen molar-refractivity contribution in [2.24, 2.45) is 0 Å². The van der Waals surface area contributed by atoms with Crippen LogP contribution in [0, 0.1) is 0 Å². The second-order valence-corrected chi connectivity index (χ2v) is 7.57. The molecule has 0 saturated heterocycles. The Morgan fingerprint density at radius 3 is 2.20 bits per heavy atom. The maximum atomic E-state index is 12.5. The van der Waals surface area contributed by atoms with Crippen molar-refractivity contribution < 1.29 is 13.9 Å². The molecule has 0 fully saturated rings. The first-order valence-corrected chi connectivity index (χ1v) is 11.1. The standard InChI is InChI=1S/C26H32O4/c1-3-5-6-7-8-9-10-17-29-23-16-13-21-18-24(26(27)30-25(21)19-23)20-11-14-22(15-12-20)28-4-2/h11-16,18-19H,3-10,17H2,1-2H3. The van der Waals surface area contributed by atoms with Gasteiger partial charge < -0.3 is 13.9 Å². The van der Waals surface area contributed by atoms with Crippen LogP contribution in [0.4, 0.5) is 0 Å². The molecule has 30 heavy (non-hydrogen) atoms. The first-order valence-electron chi connectivity index (χ1n) is 11.1. The second-order valence-electron chi connectivity index (χ2n) is 7.57. The minimum Gasteiger partial charge on any atom is -0.494 e. The fraction of sp³-hybridized carbons (Fsp3) is 0.423. The van der Waals surface area contributed by atoms with Gasteiger partial charge in [-0.05, 0) is 49.2 Å². The summed E-state index contributed by atoms with van der Waals surface area (Å²) in [6.07, 6.45) is 8.76. The summed E-state index contributed by atoms with van der Waals surface area (Å²) >= 11 is 0. The van der Waals surface area contributed by atoms with Crippen LogP contribution in [0.25, 0.3) is 22.1 Å². The summed E-state index contributed by atoms with van der Waals surface area (Å²) in [4.78, 5) is 12.5. The topological polar surface area (TPSA) is 48.7 Å². The van der Waals surface area contributed by atoms with Gasteiger partial charge in [-0.3, -0.25) is 0 Å². The minimum absolute atomic E-state index is 0.351. The minimum atomic E-state index is -0.351. The van der Waals surface area contributed by atoms with E-state index in [1.165, 1.54) is 38.5 Å². The SMILES string of the molecule is CCCCCCCCCOc1ccc2cc(-c3ccc(OCC)cc3)c(=O)oc2c1. The van der Waals surface area contributed by atoms with Gasteiger partial charge in [-0.25, -0.2) is 4.79 Å². The predicted molar refractivity (Wildman–Crippen MR) is 123 cm³/mol. The summed E-state index contributed by atoms with van der Waals surface area (Å²) in [6.45, 7) is 5.48. The van der Waals surface area contributed by atoms with E-state index in [0.29, 0.717) is 24.4 Å². The lowest BCUT2D eigenvalue weighted by molar-refractivity contribution is 0.304. The van der Waals surface area contributed by atoms with E-state index in [9.17, 15) is 4.79 Å². The first-order chi connectivity index (χ1) is 14.7. The van der Waals surface area contributed by atoms with Gasteiger partial charge in [0.05, 0.1) is 18.8 Å². The van der Waals surface area contributed by atoms with E-state index in [-0.39, 0.29) is 5.63 Å². The maximum absolute atomic E-state index is 12.5. The average Bonchev–Trinajstić information content (AvgIpc) is 2.76. The molecule has 0 aliphatic rings. The Kier molecular flexibility index (Phi) is 8.37. The molecular weight excluding hydrogens is 376 g/mol. The molecule has 0 spiro atoms. The van der Waals surface area contributed by atoms with Gasteiger partial charge in [0.2, 0.25) is 0 Å². The van der Waals surface area contributed by atoms with Crippen LogP contribution in [0.15, 0.2) is 57.7 Å². The Bertz CT molecular complexity index is 972. The predicted octanol–water partition coefficient (Wildman–Crippen LogP) is 6.99. The van der Waals surface area contributed by atoms with E-state index in [4.69, 9.17) is 13.9 Å². The molecule has 0 radical (unpaired) electrons. The van der Waals surface area contributed by atoms with Crippen molar-refractivity contribution in [3.63, 3.8) is 0 Å². The van der Waals surface area contributed by atoms with Crippen LogP contribution >= 0.6 is 0 Å². The molecule has 3 aromatic rings. The van der Waals surface area contributed by atoms with Gasteiger partial charge in [0.25, 0.3) is 0 Å². The van der Waals surface area contributed by atoms with E-state index in [1.807, 2.05) is 49.4 Å². The molecule has 0 atom stereocenters. The van der Waals surface area contributed by atoms with E-state index in [2.05, 4.69) is 6.92 Å². The van der Waals surface area contributed by atoms with Crippen molar-refractivity contribution in [3.05, 3.63) is 59.0 Å². The number of rotatable bonds is 12. The van der Waals surface area contributed by atoms with Crippen molar-refractivity contribution in [1.29, 1.82) is 0 Å². The van der Waals surface area contributed by atoms with Crippen molar-refractivity contribution in [2.75, 3.05) is 13.2 Å². The summed E-state index contributed by atoms with van der Waals surface area (Å²) in [5.41, 5.74) is 1.55. The van der Waals surface area contributed by atoms with E-state index in [1.54, 1.807) is 6.07 Å². The zero-order valence-electron chi connectivity index (χ0n) is 18.1. The molecule has 0 unspecified atom stereocenters. The highest BCUT2D eigenvalue weighted by atomic mass is 16.5. The van der Waals surface area contributed by atoms with Gasteiger partial charge in [0.15, 0.2) is 0 Å². The molecule has 4 nitrogen and oxygen atoms in total. The average molecular weight is 409 g/mol. The van der Waals surface area contributed by atoms with Gasteiger partial charge in [0, 0.05) is 11.5 Å². The van der Waals surface area contributed by atoms with E-state index < -0.39 is 0 Å². The van der Waals surface area contributed by atoms with Crippen LogP contribution < -0.4 is 15.1 Å². The molecular formula is C26H32O4. The highest BCUT2D eigenvalue weighted by Crippen LogP contribution is 2.26. The lowest BCUT2D eigenvalue weighted by atomic mass is 10.1. The third kappa shape index (κ3) is 6.12. The molecule has 0 amide bonds. The van der Waals surface area contributed by atoms with Gasteiger partial charge in [-0.1, -0.05) is 57.6 Å². The fourth-order valence-electron chi connectivity index (χ4n) is 3.53. The Morgan fingerprint density at radius 1 is 0.767 bits per heavy atom. The quantitative estimate of drug-likeness (QED) is 0.239. The van der Waals surface area contributed by atoms with Crippen molar-refractivity contribution in [3.8, 4) is 22.6 Å². The van der Waals surface area contributed by atoms with Gasteiger partial charge in [-0.2, -0.15) is 0 Å². The summed E-state index contributed by atoms with van der Waals surface area (Å²) in [6, 6.07) is 15.0. The van der Waals surface area contributed by atoms with Crippen LogP contribution in [0.5, 0.6) is 11.5 Å². The zero-order chi connectivity index (χ0) is 21.2. The Labute approximate surface area is 178 Å². The molecule has 1 aromatic heterocycles. The van der Waals surface area contributed by atoms with Crippen molar-refractivity contribution in [2.45, 2.75) is 58.8 Å². The van der Waals surface area contributed by atoms with Crippen LogP contribution in [0.1, 0.15) is 58.8 Å². The number of hydrogen-bond acceptors (Lipinski definition) is 4. The van der Waals surface area contributed by atoms with Crippen LogP contribution in [-0.4, -0.2) is 13.2 Å².